The average molecular weight is 1300 g/mol. The highest BCUT2D eigenvalue weighted by molar-refractivity contribution is 14.1. The average Bonchev–Trinajstić information content (AvgIpc) is 3.31. The number of nitrogens with two attached hydrogens (primary N) is 1. The molecule has 71 heavy (non-hydrogen) atoms. The zero-order valence-corrected chi connectivity index (χ0v) is 45.2. The molecule has 0 fully saturated rings. The number of aromatic carboxylic acids is 1. The van der Waals surface area contributed by atoms with Crippen LogP contribution in [0.1, 0.15) is 45.0 Å². The molecule has 5 aromatic carbocycles. The summed E-state index contributed by atoms with van der Waals surface area (Å²) in [5.41, 5.74) is 5.09. The molecular weight excluding hydrogens is 1250 g/mol. The predicted octanol–water partition coefficient (Wildman–Crippen LogP) is 10.00. The van der Waals surface area contributed by atoms with Gasteiger partial charge in [-0.2, -0.15) is 0 Å². The lowest BCUT2D eigenvalue weighted by molar-refractivity contribution is -0.147. The summed E-state index contributed by atoms with van der Waals surface area (Å²) in [6, 6.07) is 30.8. The molecule has 0 aliphatic carbocycles. The number of carboxylic acids is 6. The second-order valence-corrected chi connectivity index (χ2v) is 18.4. The minimum Gasteiger partial charge on any atom is -0.479 e. The van der Waals surface area contributed by atoms with Crippen molar-refractivity contribution in [2.75, 3.05) is 6.54 Å². The van der Waals surface area contributed by atoms with E-state index in [2.05, 4.69) is 70.4 Å². The van der Waals surface area contributed by atoms with Gasteiger partial charge in [0.25, 0.3) is 0 Å². The molecule has 0 bridgehead atoms. The topological polar surface area (TPSA) is 296 Å². The van der Waals surface area contributed by atoms with E-state index in [-0.39, 0.29) is 29.5 Å². The normalized spacial score (nSPS) is 12.2. The maximum absolute atomic E-state index is 12.5. The molecule has 384 valence electrons. The maximum Gasteiger partial charge on any atom is 0.346 e. The molecule has 23 heteroatoms. The number of carbonyl (C=O) groups is 6. The van der Waals surface area contributed by atoms with E-state index in [4.69, 9.17) is 60.1 Å². The van der Waals surface area contributed by atoms with Gasteiger partial charge in [0.15, 0.2) is 24.4 Å². The minimum atomic E-state index is -1.17. The number of benzene rings is 5. The van der Waals surface area contributed by atoms with Gasteiger partial charge >= 0.3 is 35.8 Å². The molecule has 5 aromatic rings. The number of rotatable bonds is 18. The molecule has 5 rings (SSSR count). The van der Waals surface area contributed by atoms with E-state index < -0.39 is 72.2 Å². The monoisotopic (exact) mass is 1290 g/mol. The largest absolute Gasteiger partial charge is 0.479 e. The minimum absolute atomic E-state index is 0.0330. The molecule has 0 aromatic heterocycles. The quantitative estimate of drug-likeness (QED) is 0.0401. The van der Waals surface area contributed by atoms with Gasteiger partial charge in [0.2, 0.25) is 6.10 Å². The number of hydrogen-bond donors (Lipinski definition) is 7. The summed E-state index contributed by atoms with van der Waals surface area (Å²) in [7, 11) is 0. The molecule has 0 amide bonds. The van der Waals surface area contributed by atoms with Crippen molar-refractivity contribution in [2.24, 2.45) is 11.7 Å². The summed E-state index contributed by atoms with van der Waals surface area (Å²) < 4.78 is 41.6. The molecule has 5 atom stereocenters. The fraction of sp³-hybridized carbons (Fsp3) is 0.250. The Bertz CT molecular complexity index is 2400. The number of hydrogen-bond acceptors (Lipinski definition) is 12. The van der Waals surface area contributed by atoms with Crippen molar-refractivity contribution in [3.05, 3.63) is 144 Å². The highest BCUT2D eigenvalue weighted by Crippen LogP contribution is 2.25. The van der Waals surface area contributed by atoms with Crippen LogP contribution < -0.4 is 29.4 Å². The van der Waals surface area contributed by atoms with E-state index in [1.165, 1.54) is 57.2 Å². The maximum atomic E-state index is 12.5. The van der Waals surface area contributed by atoms with Crippen molar-refractivity contribution in [2.45, 2.75) is 65.1 Å². The second kappa shape index (κ2) is 32.8. The third kappa shape index (κ3) is 26.1. The summed E-state index contributed by atoms with van der Waals surface area (Å²) in [4.78, 5) is 63.7. The van der Waals surface area contributed by atoms with Crippen molar-refractivity contribution in [3.63, 3.8) is 0 Å². The lowest BCUT2D eigenvalue weighted by Crippen LogP contribution is -2.34. The smallest absolute Gasteiger partial charge is 0.346 e. The molecule has 0 saturated heterocycles. The van der Waals surface area contributed by atoms with Crippen molar-refractivity contribution < 1.29 is 87.5 Å². The molecule has 1 unspecified atom stereocenters. The number of carboxylic acid groups (broad SMARTS) is 6. The standard InChI is InChI=1S/C11H13BrO3.C10H9BrO5.C9H9BrO3.C9H10FNO3.C9H9IO3/c1-7(2)10(11(13)14)15-9-5-3-8(12)4-6-9;1-5(9(12)13)16-8-3-2-6(11)4-7(8)10(14)15;1-6(9(11)12)13-8-4-2-7(10)3-5-8;10-6-1-3-7(4-2-6)14-8(5-11)9(12)13;1-6(9(11)12)13-8-4-2-7(10)3-5-8/h3-7,10H,1-2H3,(H,13,14);2-5H,1H3,(H,12,13)(H,14,15);2-6H,1H3,(H,11,12);1-4,8H,5,11H2,(H,12,13);2-6H,1H3,(H,11,12)/t10-;5-;6-;;6-/m000.0/s1. The summed E-state index contributed by atoms with van der Waals surface area (Å²) in [5.74, 6) is -4.79. The lowest BCUT2D eigenvalue weighted by atomic mass is 10.1. The van der Waals surface area contributed by atoms with Crippen LogP contribution in [0.15, 0.2) is 129 Å². The Morgan fingerprint density at radius 1 is 0.507 bits per heavy atom. The van der Waals surface area contributed by atoms with Crippen LogP contribution in [0.3, 0.4) is 0 Å². The SMILES string of the molecule is CC(C)[C@H](Oc1ccc(Br)cc1)C(=O)O.C[C@H](Oc1ccc(Br)cc1)C(=O)O.C[C@H](Oc1ccc(Br)cc1C(=O)O)C(=O)O.C[C@H](Oc1ccc(I)cc1)C(=O)O.NCC(Oc1ccc(F)cc1)C(=O)O. The van der Waals surface area contributed by atoms with Gasteiger partial charge in [-0.05, 0) is 159 Å². The summed E-state index contributed by atoms with van der Waals surface area (Å²) >= 11 is 11.9. The van der Waals surface area contributed by atoms with Crippen LogP contribution in [0.2, 0.25) is 0 Å². The van der Waals surface area contributed by atoms with Crippen LogP contribution in [0.4, 0.5) is 4.39 Å². The molecule has 8 N–H and O–H groups in total. The first-order valence-electron chi connectivity index (χ1n) is 20.5. The fourth-order valence-corrected chi connectivity index (χ4v) is 5.81. The molecule has 0 aliphatic rings. The van der Waals surface area contributed by atoms with Crippen LogP contribution in [-0.4, -0.2) is 104 Å². The van der Waals surface area contributed by atoms with E-state index in [1.54, 1.807) is 54.6 Å². The molecular formula is C48H50Br3FINO17. The Balaban J connectivity index is 0.000000445. The number of halogens is 5. The van der Waals surface area contributed by atoms with Crippen molar-refractivity contribution in [1.82, 2.24) is 0 Å². The molecule has 0 heterocycles. The summed E-state index contributed by atoms with van der Waals surface area (Å²) in [6.45, 7) is 7.82. The van der Waals surface area contributed by atoms with E-state index in [0.29, 0.717) is 21.7 Å². The van der Waals surface area contributed by atoms with Crippen LogP contribution in [0, 0.1) is 15.3 Å². The van der Waals surface area contributed by atoms with Gasteiger partial charge in [-0.15, -0.1) is 0 Å². The number of ether oxygens (including phenoxy) is 5. The zero-order valence-electron chi connectivity index (χ0n) is 38.3. The van der Waals surface area contributed by atoms with Gasteiger partial charge in [0.05, 0.1) is 0 Å². The van der Waals surface area contributed by atoms with Crippen LogP contribution in [-0.2, 0) is 24.0 Å². The predicted molar refractivity (Wildman–Crippen MR) is 276 cm³/mol. The Kier molecular flexibility index (Phi) is 29.1. The first-order valence-corrected chi connectivity index (χ1v) is 23.9. The van der Waals surface area contributed by atoms with E-state index in [1.807, 2.05) is 38.1 Å². The second-order valence-electron chi connectivity index (χ2n) is 14.4. The van der Waals surface area contributed by atoms with Crippen molar-refractivity contribution in [1.29, 1.82) is 0 Å². The highest BCUT2D eigenvalue weighted by atomic mass is 127. The Morgan fingerprint density at radius 2 is 0.873 bits per heavy atom. The van der Waals surface area contributed by atoms with Gasteiger partial charge in [-0.3, -0.25) is 0 Å². The first kappa shape index (κ1) is 63.0. The van der Waals surface area contributed by atoms with Gasteiger partial charge in [-0.25, -0.2) is 33.2 Å². The van der Waals surface area contributed by atoms with E-state index in [0.717, 1.165) is 12.5 Å². The third-order valence-electron chi connectivity index (χ3n) is 8.28. The van der Waals surface area contributed by atoms with Gasteiger partial charge in [0, 0.05) is 29.5 Å². The molecule has 0 spiro atoms. The van der Waals surface area contributed by atoms with E-state index >= 15 is 0 Å². The zero-order chi connectivity index (χ0) is 54.0. The lowest BCUT2D eigenvalue weighted by Gasteiger charge is -2.18. The Labute approximate surface area is 446 Å². The molecule has 0 aliphatic heterocycles. The molecule has 0 radical (unpaired) electrons. The highest BCUT2D eigenvalue weighted by Gasteiger charge is 2.23. The summed E-state index contributed by atoms with van der Waals surface area (Å²) in [6.07, 6.45) is -4.62. The van der Waals surface area contributed by atoms with Crippen molar-refractivity contribution in [3.8, 4) is 28.7 Å². The van der Waals surface area contributed by atoms with Crippen LogP contribution >= 0.6 is 70.4 Å². The number of aliphatic carboxylic acids is 5. The fourth-order valence-electron chi connectivity index (χ4n) is 4.56. The third-order valence-corrected chi connectivity index (χ3v) is 10.5. The van der Waals surface area contributed by atoms with Gasteiger partial charge in [-0.1, -0.05) is 61.6 Å². The Hall–Kier alpha value is -6.02. The van der Waals surface area contributed by atoms with Gasteiger partial charge in [0.1, 0.15) is 40.1 Å². The van der Waals surface area contributed by atoms with Gasteiger partial charge < -0.3 is 60.1 Å². The van der Waals surface area contributed by atoms with Crippen LogP contribution in [0.5, 0.6) is 28.7 Å². The Morgan fingerprint density at radius 3 is 1.24 bits per heavy atom. The summed E-state index contributed by atoms with van der Waals surface area (Å²) in [5, 5.41) is 52.2. The van der Waals surface area contributed by atoms with Crippen molar-refractivity contribution >= 4 is 106 Å². The van der Waals surface area contributed by atoms with Crippen LogP contribution in [0.25, 0.3) is 0 Å². The van der Waals surface area contributed by atoms with E-state index in [9.17, 15) is 33.2 Å². The first-order chi connectivity index (χ1) is 33.2. The molecule has 18 nitrogen and oxygen atoms in total. The molecule has 0 saturated carbocycles.